The first-order valence-electron chi connectivity index (χ1n) is 5.53. The van der Waals surface area contributed by atoms with Gasteiger partial charge in [-0.2, -0.15) is 9.40 Å². The van der Waals surface area contributed by atoms with Gasteiger partial charge in [0.2, 0.25) is 0 Å². The molecule has 0 aliphatic carbocycles. The summed E-state index contributed by atoms with van der Waals surface area (Å²) in [5, 5.41) is 6.20. The van der Waals surface area contributed by atoms with E-state index in [9.17, 15) is 8.42 Å². The Kier molecular flexibility index (Phi) is 5.73. The van der Waals surface area contributed by atoms with Gasteiger partial charge in [-0.3, -0.25) is 5.10 Å². The van der Waals surface area contributed by atoms with Gasteiger partial charge >= 0.3 is 0 Å². The van der Waals surface area contributed by atoms with Gasteiger partial charge in [-0.1, -0.05) is 0 Å². The van der Waals surface area contributed by atoms with E-state index in [4.69, 9.17) is 9.47 Å². The third-order valence-corrected chi connectivity index (χ3v) is 4.42. The molecule has 1 aromatic heterocycles. The summed E-state index contributed by atoms with van der Waals surface area (Å²) >= 11 is 0. The highest BCUT2D eigenvalue weighted by molar-refractivity contribution is 7.89. The summed E-state index contributed by atoms with van der Waals surface area (Å²) in [4.78, 5) is 0. The molecule has 0 saturated carbocycles. The number of nitrogens with zero attached hydrogens (tertiary/aromatic N) is 2. The number of H-pyrrole nitrogens is 1. The number of aromatic amines is 1. The van der Waals surface area contributed by atoms with Gasteiger partial charge in [0.1, 0.15) is 0 Å². The molecule has 1 unspecified atom stereocenters. The third kappa shape index (κ3) is 3.52. The van der Waals surface area contributed by atoms with Crippen LogP contribution in [0.2, 0.25) is 0 Å². The fourth-order valence-electron chi connectivity index (χ4n) is 1.60. The van der Waals surface area contributed by atoms with Crippen molar-refractivity contribution in [3.8, 4) is 0 Å². The predicted molar refractivity (Wildman–Crippen MR) is 65.7 cm³/mol. The minimum Gasteiger partial charge on any atom is -0.383 e. The van der Waals surface area contributed by atoms with Crippen LogP contribution >= 0.6 is 0 Å². The number of aromatic nitrogens is 2. The number of sulfonamides is 1. The lowest BCUT2D eigenvalue weighted by atomic mass is 10.3. The maximum Gasteiger partial charge on any atom is 0.260 e. The van der Waals surface area contributed by atoms with Crippen LogP contribution in [0.3, 0.4) is 0 Å². The number of hydrogen-bond donors (Lipinski definition) is 1. The molecule has 7 nitrogen and oxygen atoms in total. The molecular weight excluding hydrogens is 258 g/mol. The minimum atomic E-state index is -3.60. The molecular formula is C10H19N3O4S. The highest BCUT2D eigenvalue weighted by Gasteiger charge is 2.29. The van der Waals surface area contributed by atoms with Crippen molar-refractivity contribution in [2.75, 3.05) is 34.0 Å². The van der Waals surface area contributed by atoms with Crippen LogP contribution in [0.15, 0.2) is 17.3 Å². The summed E-state index contributed by atoms with van der Waals surface area (Å²) in [5.74, 6) is 0. The Hall–Kier alpha value is -0.960. The Labute approximate surface area is 107 Å². The Morgan fingerprint density at radius 2 is 2.17 bits per heavy atom. The number of hydrogen-bond acceptors (Lipinski definition) is 5. The van der Waals surface area contributed by atoms with Gasteiger partial charge in [-0.25, -0.2) is 8.42 Å². The normalized spacial score (nSPS) is 14.0. The molecule has 8 heteroatoms. The van der Waals surface area contributed by atoms with Crippen LogP contribution in [-0.2, 0) is 19.5 Å². The summed E-state index contributed by atoms with van der Waals surface area (Å²) < 4.78 is 36.0. The average Bonchev–Trinajstić information content (AvgIpc) is 2.83. The van der Waals surface area contributed by atoms with Gasteiger partial charge in [0, 0.05) is 26.8 Å². The molecule has 0 spiro atoms. The highest BCUT2D eigenvalue weighted by atomic mass is 32.2. The van der Waals surface area contributed by atoms with E-state index in [-0.39, 0.29) is 17.6 Å². The van der Waals surface area contributed by atoms with E-state index < -0.39 is 10.0 Å². The zero-order valence-electron chi connectivity index (χ0n) is 10.8. The van der Waals surface area contributed by atoms with Gasteiger partial charge < -0.3 is 9.47 Å². The fraction of sp³-hybridized carbons (Fsp3) is 0.700. The molecule has 0 aromatic carbocycles. The maximum atomic E-state index is 12.4. The first-order chi connectivity index (χ1) is 8.54. The summed E-state index contributed by atoms with van der Waals surface area (Å²) in [7, 11) is -0.531. The monoisotopic (exact) mass is 277 g/mol. The van der Waals surface area contributed by atoms with Gasteiger partial charge in [-0.15, -0.1) is 0 Å². The molecule has 0 fully saturated rings. The molecule has 0 saturated heterocycles. The van der Waals surface area contributed by atoms with E-state index in [1.54, 1.807) is 6.92 Å². The SMILES string of the molecule is COCCN(C(C)COC)S(=O)(=O)c1ccn[nH]1. The number of rotatable bonds is 8. The van der Waals surface area contributed by atoms with Gasteiger partial charge in [0.25, 0.3) is 10.0 Å². The predicted octanol–water partition coefficient (Wildman–Crippen LogP) is 0.0817. The van der Waals surface area contributed by atoms with Crippen LogP contribution in [0, 0.1) is 0 Å². The van der Waals surface area contributed by atoms with E-state index in [1.807, 2.05) is 0 Å². The van der Waals surface area contributed by atoms with Crippen molar-refractivity contribution in [2.45, 2.75) is 18.0 Å². The molecule has 0 radical (unpaired) electrons. The zero-order valence-corrected chi connectivity index (χ0v) is 11.6. The lowest BCUT2D eigenvalue weighted by Gasteiger charge is -2.26. The molecule has 0 amide bonds. The second-order valence-electron chi connectivity index (χ2n) is 3.83. The van der Waals surface area contributed by atoms with Crippen molar-refractivity contribution in [2.24, 2.45) is 0 Å². The quantitative estimate of drug-likeness (QED) is 0.727. The van der Waals surface area contributed by atoms with Crippen molar-refractivity contribution in [1.29, 1.82) is 0 Å². The Bertz CT molecular complexity index is 432. The zero-order chi connectivity index (χ0) is 13.6. The Balaban J connectivity index is 2.94. The Morgan fingerprint density at radius 3 is 2.67 bits per heavy atom. The standard InChI is InChI=1S/C10H19N3O4S/c1-9(8-17-3)13(6-7-16-2)18(14,15)10-4-5-11-12-10/h4-5,9H,6-8H2,1-3H3,(H,11,12). The second kappa shape index (κ2) is 6.83. The van der Waals surface area contributed by atoms with Gasteiger partial charge in [-0.05, 0) is 13.0 Å². The van der Waals surface area contributed by atoms with E-state index in [0.717, 1.165) is 0 Å². The van der Waals surface area contributed by atoms with E-state index in [2.05, 4.69) is 10.2 Å². The van der Waals surface area contributed by atoms with Crippen molar-refractivity contribution >= 4 is 10.0 Å². The summed E-state index contributed by atoms with van der Waals surface area (Å²) in [6.07, 6.45) is 1.41. The number of methoxy groups -OCH3 is 2. The van der Waals surface area contributed by atoms with Crippen molar-refractivity contribution in [3.63, 3.8) is 0 Å². The lowest BCUT2D eigenvalue weighted by molar-refractivity contribution is 0.119. The molecule has 0 aliphatic heterocycles. The minimum absolute atomic E-state index is 0.0709. The van der Waals surface area contributed by atoms with E-state index in [1.165, 1.54) is 30.8 Å². The van der Waals surface area contributed by atoms with Gasteiger partial charge in [0.05, 0.1) is 19.4 Å². The molecule has 104 valence electrons. The maximum absolute atomic E-state index is 12.4. The van der Waals surface area contributed by atoms with Crippen LogP contribution in [-0.4, -0.2) is 62.9 Å². The molecule has 1 heterocycles. The van der Waals surface area contributed by atoms with Crippen molar-refractivity contribution < 1.29 is 17.9 Å². The lowest BCUT2D eigenvalue weighted by Crippen LogP contribution is -2.43. The first kappa shape index (κ1) is 15.1. The van der Waals surface area contributed by atoms with Crippen LogP contribution in [0.25, 0.3) is 0 Å². The fourth-order valence-corrected chi connectivity index (χ4v) is 3.10. The van der Waals surface area contributed by atoms with Crippen LogP contribution in [0.1, 0.15) is 6.92 Å². The van der Waals surface area contributed by atoms with Crippen molar-refractivity contribution in [3.05, 3.63) is 12.3 Å². The molecule has 0 bridgehead atoms. The van der Waals surface area contributed by atoms with Crippen LogP contribution < -0.4 is 0 Å². The van der Waals surface area contributed by atoms with E-state index in [0.29, 0.717) is 13.2 Å². The Morgan fingerprint density at radius 1 is 1.44 bits per heavy atom. The van der Waals surface area contributed by atoms with Crippen molar-refractivity contribution in [1.82, 2.24) is 14.5 Å². The molecule has 18 heavy (non-hydrogen) atoms. The highest BCUT2D eigenvalue weighted by Crippen LogP contribution is 2.15. The molecule has 1 aromatic rings. The first-order valence-corrected chi connectivity index (χ1v) is 6.97. The number of nitrogens with one attached hydrogen (secondary N) is 1. The largest absolute Gasteiger partial charge is 0.383 e. The molecule has 1 rings (SSSR count). The summed E-state index contributed by atoms with van der Waals surface area (Å²) in [6, 6.07) is 1.15. The topological polar surface area (TPSA) is 84.5 Å². The van der Waals surface area contributed by atoms with Crippen LogP contribution in [0.4, 0.5) is 0 Å². The molecule has 1 atom stereocenters. The summed E-state index contributed by atoms with van der Waals surface area (Å²) in [6.45, 7) is 2.69. The van der Waals surface area contributed by atoms with E-state index >= 15 is 0 Å². The molecule has 0 aliphatic rings. The smallest absolute Gasteiger partial charge is 0.260 e. The average molecular weight is 277 g/mol. The van der Waals surface area contributed by atoms with Gasteiger partial charge in [0.15, 0.2) is 5.03 Å². The summed E-state index contributed by atoms with van der Waals surface area (Å²) in [5.41, 5.74) is 0. The second-order valence-corrected chi connectivity index (χ2v) is 5.69. The molecule has 1 N–H and O–H groups in total. The van der Waals surface area contributed by atoms with Crippen LogP contribution in [0.5, 0.6) is 0 Å². The third-order valence-electron chi connectivity index (χ3n) is 2.48. The number of ether oxygens (including phenoxy) is 2.